The molecule has 4 heterocycles. The maximum absolute atomic E-state index is 4.82. The third-order valence-corrected chi connectivity index (χ3v) is 5.36. The van der Waals surface area contributed by atoms with E-state index in [9.17, 15) is 0 Å². The molecule has 0 spiro atoms. The summed E-state index contributed by atoms with van der Waals surface area (Å²) in [6.45, 7) is 0. The summed E-state index contributed by atoms with van der Waals surface area (Å²) in [6.07, 6.45) is 13.1. The van der Waals surface area contributed by atoms with Crippen molar-refractivity contribution in [2.75, 3.05) is 0 Å². The average molecular weight is 358 g/mol. The van der Waals surface area contributed by atoms with Crippen LogP contribution in [0.1, 0.15) is 0 Å². The molecule has 0 saturated heterocycles. The van der Waals surface area contributed by atoms with Crippen LogP contribution < -0.4 is 0 Å². The molecule has 0 amide bonds. The Labute approximate surface area is 160 Å². The van der Waals surface area contributed by atoms with Gasteiger partial charge in [-0.15, -0.1) is 0 Å². The molecule has 0 atom stereocenters. The van der Waals surface area contributed by atoms with E-state index in [1.165, 1.54) is 0 Å². The Morgan fingerprint density at radius 2 is 1.21 bits per heavy atom. The molecule has 6 aromatic rings. The van der Waals surface area contributed by atoms with Gasteiger partial charge in [0.05, 0.1) is 5.69 Å². The molecule has 0 aliphatic rings. The molecule has 0 aliphatic heterocycles. The molecule has 4 aromatic heterocycles. The first kappa shape index (κ1) is 15.2. The van der Waals surface area contributed by atoms with E-state index in [0.717, 1.165) is 54.3 Å². The average Bonchev–Trinajstić information content (AvgIpc) is 2.78. The van der Waals surface area contributed by atoms with Crippen molar-refractivity contribution in [3.05, 3.63) is 85.8 Å². The van der Waals surface area contributed by atoms with Gasteiger partial charge in [-0.3, -0.25) is 19.9 Å². The summed E-state index contributed by atoms with van der Waals surface area (Å²) < 4.78 is 0. The molecule has 0 aliphatic carbocycles. The highest BCUT2D eigenvalue weighted by atomic mass is 14.7. The molecule has 28 heavy (non-hydrogen) atoms. The molecule has 4 nitrogen and oxygen atoms in total. The lowest BCUT2D eigenvalue weighted by Gasteiger charge is -2.13. The summed E-state index contributed by atoms with van der Waals surface area (Å²) in [6, 6.07) is 14.7. The molecule has 0 bridgehead atoms. The second-order valence-corrected chi connectivity index (χ2v) is 6.86. The summed E-state index contributed by atoms with van der Waals surface area (Å²) in [5.41, 5.74) is 2.04. The second kappa shape index (κ2) is 5.79. The Morgan fingerprint density at radius 3 is 2.14 bits per heavy atom. The minimum atomic E-state index is 0.964. The highest BCUT2D eigenvalue weighted by Crippen LogP contribution is 2.38. The van der Waals surface area contributed by atoms with Crippen molar-refractivity contribution >= 4 is 43.1 Å². The summed E-state index contributed by atoms with van der Waals surface area (Å²) >= 11 is 0. The van der Waals surface area contributed by atoms with Crippen LogP contribution in [0.3, 0.4) is 0 Å². The van der Waals surface area contributed by atoms with Crippen molar-refractivity contribution in [1.29, 1.82) is 0 Å². The Kier molecular flexibility index (Phi) is 3.14. The Hall–Kier alpha value is -3.92. The van der Waals surface area contributed by atoms with Gasteiger partial charge in [-0.05, 0) is 51.9 Å². The molecular weight excluding hydrogens is 344 g/mol. The predicted molar refractivity (Wildman–Crippen MR) is 113 cm³/mol. The van der Waals surface area contributed by atoms with Crippen LogP contribution in [-0.2, 0) is 0 Å². The van der Waals surface area contributed by atoms with Gasteiger partial charge in [0.15, 0.2) is 0 Å². The van der Waals surface area contributed by atoms with Crippen LogP contribution in [0.2, 0.25) is 0 Å². The fourth-order valence-corrected chi connectivity index (χ4v) is 4.08. The minimum absolute atomic E-state index is 0.964. The number of pyridine rings is 4. The van der Waals surface area contributed by atoms with Gasteiger partial charge in [0.2, 0.25) is 0 Å². The summed E-state index contributed by atoms with van der Waals surface area (Å²) in [4.78, 5) is 17.8. The first-order chi connectivity index (χ1) is 13.9. The Bertz CT molecular complexity index is 1520. The highest BCUT2D eigenvalue weighted by molar-refractivity contribution is 6.19. The monoisotopic (exact) mass is 358 g/mol. The summed E-state index contributed by atoms with van der Waals surface area (Å²) in [7, 11) is 0. The molecule has 0 unspecified atom stereocenters. The first-order valence-electron chi connectivity index (χ1n) is 9.12. The third-order valence-electron chi connectivity index (χ3n) is 5.36. The molecule has 4 heteroatoms. The minimum Gasteiger partial charge on any atom is -0.264 e. The molecule has 0 N–H and O–H groups in total. The normalized spacial score (nSPS) is 11.6. The number of hydrogen-bond acceptors (Lipinski definition) is 4. The Balaban J connectivity index is 1.84. The van der Waals surface area contributed by atoms with Gasteiger partial charge in [-0.1, -0.05) is 12.1 Å². The van der Waals surface area contributed by atoms with E-state index in [4.69, 9.17) is 4.98 Å². The number of benzene rings is 2. The van der Waals surface area contributed by atoms with E-state index in [-0.39, 0.29) is 0 Å². The van der Waals surface area contributed by atoms with Gasteiger partial charge in [-0.2, -0.15) is 0 Å². The van der Waals surface area contributed by atoms with Crippen molar-refractivity contribution in [3.63, 3.8) is 0 Å². The number of fused-ring (bicyclic) bond motifs is 6. The third kappa shape index (κ3) is 2.12. The van der Waals surface area contributed by atoms with Gasteiger partial charge < -0.3 is 0 Å². The van der Waals surface area contributed by atoms with Crippen LogP contribution in [0, 0.1) is 0 Å². The quantitative estimate of drug-likeness (QED) is 0.362. The maximum Gasteiger partial charge on any atom is 0.0793 e. The zero-order chi connectivity index (χ0) is 18.5. The molecule has 2 aromatic carbocycles. The molecule has 6 rings (SSSR count). The number of aromatic nitrogens is 4. The fourth-order valence-electron chi connectivity index (χ4n) is 4.08. The smallest absolute Gasteiger partial charge is 0.0793 e. The van der Waals surface area contributed by atoms with Crippen LogP contribution in [0.25, 0.3) is 54.3 Å². The SMILES string of the molecule is c1cc2c(ccc3ccnc(-c4cc5ccncc5c5ccncc45)c32)cn1. The number of hydrogen-bond donors (Lipinski definition) is 0. The molecule has 0 saturated carbocycles. The van der Waals surface area contributed by atoms with Gasteiger partial charge in [0.25, 0.3) is 0 Å². The summed E-state index contributed by atoms with van der Waals surface area (Å²) in [5, 5.41) is 9.04. The summed E-state index contributed by atoms with van der Waals surface area (Å²) in [5.74, 6) is 0. The van der Waals surface area contributed by atoms with Crippen LogP contribution in [0.4, 0.5) is 0 Å². The van der Waals surface area contributed by atoms with E-state index in [0.29, 0.717) is 0 Å². The van der Waals surface area contributed by atoms with E-state index in [1.54, 1.807) is 0 Å². The van der Waals surface area contributed by atoms with Crippen molar-refractivity contribution in [3.8, 4) is 11.3 Å². The number of nitrogens with zero attached hydrogens (tertiary/aromatic N) is 4. The van der Waals surface area contributed by atoms with Crippen LogP contribution in [-0.4, -0.2) is 19.9 Å². The largest absolute Gasteiger partial charge is 0.264 e. The van der Waals surface area contributed by atoms with E-state index in [1.807, 2.05) is 49.4 Å². The lowest BCUT2D eigenvalue weighted by Crippen LogP contribution is -1.91. The fraction of sp³-hybridized carbons (Fsp3) is 0. The van der Waals surface area contributed by atoms with E-state index >= 15 is 0 Å². The van der Waals surface area contributed by atoms with Crippen molar-refractivity contribution < 1.29 is 0 Å². The number of rotatable bonds is 1. The lowest BCUT2D eigenvalue weighted by molar-refractivity contribution is 1.34. The molecular formula is C24H14N4. The topological polar surface area (TPSA) is 51.6 Å². The van der Waals surface area contributed by atoms with Crippen molar-refractivity contribution in [2.45, 2.75) is 0 Å². The first-order valence-corrected chi connectivity index (χ1v) is 9.12. The predicted octanol–water partition coefficient (Wildman–Crippen LogP) is 5.55. The second-order valence-electron chi connectivity index (χ2n) is 6.86. The van der Waals surface area contributed by atoms with Gasteiger partial charge in [0, 0.05) is 70.5 Å². The highest BCUT2D eigenvalue weighted by Gasteiger charge is 2.14. The van der Waals surface area contributed by atoms with Gasteiger partial charge in [-0.25, -0.2) is 0 Å². The lowest BCUT2D eigenvalue weighted by atomic mass is 9.94. The van der Waals surface area contributed by atoms with Crippen molar-refractivity contribution in [1.82, 2.24) is 19.9 Å². The van der Waals surface area contributed by atoms with Crippen LogP contribution in [0.15, 0.2) is 85.8 Å². The Morgan fingerprint density at radius 1 is 0.500 bits per heavy atom. The molecule has 0 radical (unpaired) electrons. The van der Waals surface area contributed by atoms with Gasteiger partial charge in [0.1, 0.15) is 0 Å². The zero-order valence-corrected chi connectivity index (χ0v) is 14.9. The van der Waals surface area contributed by atoms with Gasteiger partial charge >= 0.3 is 0 Å². The zero-order valence-electron chi connectivity index (χ0n) is 14.9. The molecule has 130 valence electrons. The van der Waals surface area contributed by atoms with E-state index < -0.39 is 0 Å². The van der Waals surface area contributed by atoms with E-state index in [2.05, 4.69) is 51.4 Å². The van der Waals surface area contributed by atoms with Crippen LogP contribution >= 0.6 is 0 Å². The van der Waals surface area contributed by atoms with Crippen LogP contribution in [0.5, 0.6) is 0 Å². The maximum atomic E-state index is 4.82. The van der Waals surface area contributed by atoms with Crippen molar-refractivity contribution in [2.24, 2.45) is 0 Å². The standard InChI is InChI=1S/C24H14N4/c1-2-17-12-25-8-5-18(17)23-15(1)4-10-28-24(23)20-11-16-3-7-26-13-21(16)19-6-9-27-14-22(19)20/h1-14H. The molecule has 0 fully saturated rings.